The highest BCUT2D eigenvalue weighted by Crippen LogP contribution is 2.28. The molecular formula is C22H29N5OS. The van der Waals surface area contributed by atoms with Gasteiger partial charge in [0.15, 0.2) is 16.8 Å². The van der Waals surface area contributed by atoms with Crippen molar-refractivity contribution in [1.82, 2.24) is 24.9 Å². The molecule has 2 heterocycles. The van der Waals surface area contributed by atoms with Crippen molar-refractivity contribution in [3.63, 3.8) is 0 Å². The van der Waals surface area contributed by atoms with Gasteiger partial charge in [0.05, 0.1) is 5.75 Å². The van der Waals surface area contributed by atoms with Gasteiger partial charge in [0, 0.05) is 18.5 Å². The van der Waals surface area contributed by atoms with E-state index < -0.39 is 0 Å². The van der Waals surface area contributed by atoms with Crippen LogP contribution in [-0.4, -0.2) is 24.9 Å². The van der Waals surface area contributed by atoms with Crippen LogP contribution >= 0.6 is 11.8 Å². The van der Waals surface area contributed by atoms with Crippen LogP contribution in [0.2, 0.25) is 0 Å². The molecule has 3 aromatic rings. The number of benzene rings is 1. The molecule has 0 spiro atoms. The SMILES string of the molecule is C=CCn1c(SCc2nc(CC(C)C)no2)nnc1-c1ccc(C(C)(C)C)cc1. The molecule has 3 rings (SSSR count). The van der Waals surface area contributed by atoms with E-state index in [2.05, 4.69) is 90.4 Å². The maximum Gasteiger partial charge on any atom is 0.237 e. The van der Waals surface area contributed by atoms with Gasteiger partial charge < -0.3 is 4.52 Å². The Bertz CT molecular complexity index is 950. The molecule has 0 fully saturated rings. The lowest BCUT2D eigenvalue weighted by Crippen LogP contribution is -2.10. The van der Waals surface area contributed by atoms with Crippen LogP contribution in [0.5, 0.6) is 0 Å². The number of rotatable bonds is 8. The van der Waals surface area contributed by atoms with Crippen molar-refractivity contribution in [1.29, 1.82) is 0 Å². The molecule has 0 N–H and O–H groups in total. The van der Waals surface area contributed by atoms with Crippen molar-refractivity contribution in [2.75, 3.05) is 0 Å². The molecule has 0 aliphatic rings. The summed E-state index contributed by atoms with van der Waals surface area (Å²) < 4.78 is 7.43. The van der Waals surface area contributed by atoms with E-state index in [0.29, 0.717) is 24.1 Å². The van der Waals surface area contributed by atoms with Crippen molar-refractivity contribution in [3.05, 3.63) is 54.2 Å². The first-order chi connectivity index (χ1) is 13.8. The number of aromatic nitrogens is 5. The third kappa shape index (κ3) is 5.35. The van der Waals surface area contributed by atoms with Gasteiger partial charge in [-0.25, -0.2) is 0 Å². The van der Waals surface area contributed by atoms with Crippen LogP contribution in [0.4, 0.5) is 0 Å². The Labute approximate surface area is 176 Å². The van der Waals surface area contributed by atoms with Gasteiger partial charge in [-0.3, -0.25) is 4.57 Å². The van der Waals surface area contributed by atoms with E-state index in [1.165, 1.54) is 5.56 Å². The Morgan fingerprint density at radius 1 is 1.17 bits per heavy atom. The Balaban J connectivity index is 1.78. The fourth-order valence-corrected chi connectivity index (χ4v) is 3.73. The van der Waals surface area contributed by atoms with Crippen molar-refractivity contribution >= 4 is 11.8 Å². The molecule has 0 aliphatic carbocycles. The number of hydrogen-bond acceptors (Lipinski definition) is 6. The minimum Gasteiger partial charge on any atom is -0.338 e. The van der Waals surface area contributed by atoms with E-state index in [9.17, 15) is 0 Å². The first kappa shape index (κ1) is 21.3. The third-order valence-corrected chi connectivity index (χ3v) is 5.41. The molecule has 7 heteroatoms. The molecule has 0 radical (unpaired) electrons. The Kier molecular flexibility index (Phi) is 6.57. The molecule has 154 valence electrons. The van der Waals surface area contributed by atoms with Crippen molar-refractivity contribution < 1.29 is 4.52 Å². The smallest absolute Gasteiger partial charge is 0.237 e. The molecular weight excluding hydrogens is 382 g/mol. The first-order valence-corrected chi connectivity index (χ1v) is 10.9. The average molecular weight is 412 g/mol. The summed E-state index contributed by atoms with van der Waals surface area (Å²) in [6.07, 6.45) is 2.67. The topological polar surface area (TPSA) is 69.6 Å². The average Bonchev–Trinajstić information content (AvgIpc) is 3.26. The molecule has 29 heavy (non-hydrogen) atoms. The second kappa shape index (κ2) is 8.95. The second-order valence-electron chi connectivity index (χ2n) is 8.52. The van der Waals surface area contributed by atoms with Gasteiger partial charge in [-0.1, -0.05) is 81.9 Å². The van der Waals surface area contributed by atoms with Crippen LogP contribution in [0.25, 0.3) is 11.4 Å². The standard InChI is InChI=1S/C22H29N5OS/c1-7-12-27-20(16-8-10-17(11-9-16)22(4,5)6)24-25-21(27)29-14-19-23-18(26-28-19)13-15(2)3/h7-11,15H,1,12-14H2,2-6H3. The molecule has 0 unspecified atom stereocenters. The van der Waals surface area contributed by atoms with Crippen LogP contribution in [-0.2, 0) is 24.1 Å². The number of nitrogens with zero attached hydrogens (tertiary/aromatic N) is 5. The fourth-order valence-electron chi connectivity index (χ4n) is 2.95. The summed E-state index contributed by atoms with van der Waals surface area (Å²) in [4.78, 5) is 4.46. The van der Waals surface area contributed by atoms with Gasteiger partial charge in [-0.05, 0) is 16.9 Å². The highest BCUT2D eigenvalue weighted by Gasteiger charge is 2.17. The molecule has 0 amide bonds. The van der Waals surface area contributed by atoms with Crippen LogP contribution < -0.4 is 0 Å². The molecule has 0 saturated heterocycles. The molecule has 0 saturated carbocycles. The number of hydrogen-bond donors (Lipinski definition) is 0. The quantitative estimate of drug-likeness (QED) is 0.370. The summed E-state index contributed by atoms with van der Waals surface area (Å²) in [6.45, 7) is 15.4. The van der Waals surface area contributed by atoms with Crippen molar-refractivity contribution in [2.45, 2.75) is 63.9 Å². The highest BCUT2D eigenvalue weighted by atomic mass is 32.2. The van der Waals surface area contributed by atoms with Crippen molar-refractivity contribution in [3.8, 4) is 11.4 Å². The van der Waals surface area contributed by atoms with Crippen LogP contribution in [0.1, 0.15) is 51.9 Å². The summed E-state index contributed by atoms with van der Waals surface area (Å²) >= 11 is 1.54. The largest absolute Gasteiger partial charge is 0.338 e. The summed E-state index contributed by atoms with van der Waals surface area (Å²) in [5.41, 5.74) is 2.45. The van der Waals surface area contributed by atoms with E-state index in [-0.39, 0.29) is 5.41 Å². The zero-order valence-corrected chi connectivity index (χ0v) is 18.7. The molecule has 0 aliphatic heterocycles. The van der Waals surface area contributed by atoms with Crippen LogP contribution in [0.15, 0.2) is 46.6 Å². The lowest BCUT2D eigenvalue weighted by Gasteiger charge is -2.19. The third-order valence-electron chi connectivity index (χ3n) is 4.46. The summed E-state index contributed by atoms with van der Waals surface area (Å²) in [5.74, 6) is 3.25. The molecule has 0 bridgehead atoms. The predicted octanol–water partition coefficient (Wildman–Crippen LogP) is 5.30. The molecule has 0 atom stereocenters. The summed E-state index contributed by atoms with van der Waals surface area (Å²) in [6, 6.07) is 8.52. The fraction of sp³-hybridized carbons (Fsp3) is 0.455. The van der Waals surface area contributed by atoms with Gasteiger partial charge >= 0.3 is 0 Å². The van der Waals surface area contributed by atoms with E-state index in [0.717, 1.165) is 28.8 Å². The zero-order chi connectivity index (χ0) is 21.0. The van der Waals surface area contributed by atoms with E-state index in [4.69, 9.17) is 4.52 Å². The molecule has 2 aromatic heterocycles. The van der Waals surface area contributed by atoms with Crippen LogP contribution in [0, 0.1) is 5.92 Å². The van der Waals surface area contributed by atoms with Gasteiger partial charge in [-0.2, -0.15) is 4.98 Å². The maximum absolute atomic E-state index is 5.36. The zero-order valence-electron chi connectivity index (χ0n) is 17.8. The van der Waals surface area contributed by atoms with Gasteiger partial charge in [0.1, 0.15) is 0 Å². The minimum atomic E-state index is 0.118. The number of thioether (sulfide) groups is 1. The van der Waals surface area contributed by atoms with Crippen molar-refractivity contribution in [2.24, 2.45) is 5.92 Å². The highest BCUT2D eigenvalue weighted by molar-refractivity contribution is 7.98. The van der Waals surface area contributed by atoms with Gasteiger partial charge in [0.2, 0.25) is 5.89 Å². The second-order valence-corrected chi connectivity index (χ2v) is 9.47. The predicted molar refractivity (Wildman–Crippen MR) is 117 cm³/mol. The summed E-state index contributed by atoms with van der Waals surface area (Å²) in [5, 5.41) is 13.7. The number of allylic oxidation sites excluding steroid dienone is 1. The Morgan fingerprint density at radius 2 is 1.90 bits per heavy atom. The Hall–Kier alpha value is -2.41. The summed E-state index contributed by atoms with van der Waals surface area (Å²) in [7, 11) is 0. The maximum atomic E-state index is 5.36. The van der Waals surface area contributed by atoms with Gasteiger partial charge in [-0.15, -0.1) is 16.8 Å². The lowest BCUT2D eigenvalue weighted by molar-refractivity contribution is 0.382. The normalized spacial score (nSPS) is 11.9. The first-order valence-electron chi connectivity index (χ1n) is 9.87. The van der Waals surface area contributed by atoms with E-state index >= 15 is 0 Å². The van der Waals surface area contributed by atoms with E-state index in [1.807, 2.05) is 6.08 Å². The Morgan fingerprint density at radius 3 is 2.52 bits per heavy atom. The van der Waals surface area contributed by atoms with Gasteiger partial charge in [0.25, 0.3) is 0 Å². The minimum absolute atomic E-state index is 0.118. The monoisotopic (exact) mass is 411 g/mol. The molecule has 1 aromatic carbocycles. The lowest BCUT2D eigenvalue weighted by atomic mass is 9.87. The molecule has 6 nitrogen and oxygen atoms in total. The van der Waals surface area contributed by atoms with Crippen LogP contribution in [0.3, 0.4) is 0 Å². The van der Waals surface area contributed by atoms with E-state index in [1.54, 1.807) is 11.8 Å².